The lowest BCUT2D eigenvalue weighted by molar-refractivity contribution is 0.102. The molecule has 3 rings (SSSR count). The van der Waals surface area contributed by atoms with Crippen molar-refractivity contribution in [2.45, 2.75) is 0 Å². The lowest BCUT2D eigenvalue weighted by Crippen LogP contribution is -2.15. The van der Waals surface area contributed by atoms with Crippen molar-refractivity contribution in [1.29, 1.82) is 0 Å². The molecule has 0 aliphatic carbocycles. The predicted octanol–water partition coefficient (Wildman–Crippen LogP) is 2.79. The van der Waals surface area contributed by atoms with Crippen molar-refractivity contribution in [3.63, 3.8) is 0 Å². The summed E-state index contributed by atoms with van der Waals surface area (Å²) in [6, 6.07) is 5.88. The normalized spacial score (nSPS) is 10.9. The molecule has 0 aliphatic heterocycles. The number of anilines is 1. The highest BCUT2D eigenvalue weighted by molar-refractivity contribution is 6.07. The third-order valence-electron chi connectivity index (χ3n) is 2.98. The van der Waals surface area contributed by atoms with E-state index in [4.69, 9.17) is 4.42 Å². The van der Waals surface area contributed by atoms with Crippen molar-refractivity contribution in [2.75, 3.05) is 5.32 Å². The molecule has 0 saturated heterocycles. The number of hydrogen-bond acceptors (Lipinski definition) is 3. The van der Waals surface area contributed by atoms with E-state index in [1.807, 2.05) is 0 Å². The topological polar surface area (TPSA) is 75.1 Å². The smallest absolute Gasteiger partial charge is 0.408 e. The maximum absolute atomic E-state index is 13.6. The lowest BCUT2D eigenvalue weighted by atomic mass is 10.1. The van der Waals surface area contributed by atoms with E-state index < -0.39 is 34.7 Å². The average Bonchev–Trinajstić information content (AvgIpc) is 2.86. The van der Waals surface area contributed by atoms with E-state index in [2.05, 4.69) is 10.3 Å². The summed E-state index contributed by atoms with van der Waals surface area (Å²) in [4.78, 5) is 25.5. The number of para-hydroxylation sites is 1. The molecule has 2 N–H and O–H groups in total. The van der Waals surface area contributed by atoms with Crippen LogP contribution in [0.5, 0.6) is 0 Å². The molecular weight excluding hydrogens is 301 g/mol. The van der Waals surface area contributed by atoms with Gasteiger partial charge in [-0.2, -0.15) is 0 Å². The second-order valence-electron chi connectivity index (χ2n) is 4.37. The van der Waals surface area contributed by atoms with Gasteiger partial charge in [0.15, 0.2) is 23.0 Å². The minimum absolute atomic E-state index is 0.137. The van der Waals surface area contributed by atoms with Crippen LogP contribution >= 0.6 is 0 Å². The Bertz CT molecular complexity index is 946. The zero-order chi connectivity index (χ0) is 15.9. The summed E-state index contributed by atoms with van der Waals surface area (Å²) in [5.74, 6) is -6.44. The van der Waals surface area contributed by atoms with Crippen molar-refractivity contribution in [3.05, 3.63) is 63.9 Å². The van der Waals surface area contributed by atoms with E-state index in [-0.39, 0.29) is 16.8 Å². The number of amides is 1. The first-order valence-electron chi connectivity index (χ1n) is 6.04. The number of aromatic amines is 1. The SMILES string of the molecule is O=C(Nc1cccc2oc(=O)[nH]c12)c1ccc(F)c(F)c1F. The first-order chi connectivity index (χ1) is 10.5. The van der Waals surface area contributed by atoms with Crippen LogP contribution < -0.4 is 11.1 Å². The Morgan fingerprint density at radius 1 is 1.09 bits per heavy atom. The molecule has 1 amide bonds. The number of oxazole rings is 1. The van der Waals surface area contributed by atoms with Gasteiger partial charge in [-0.05, 0) is 24.3 Å². The van der Waals surface area contributed by atoms with Crippen LogP contribution in [-0.4, -0.2) is 10.9 Å². The van der Waals surface area contributed by atoms with Gasteiger partial charge in [0.05, 0.1) is 11.3 Å². The van der Waals surface area contributed by atoms with Crippen LogP contribution in [0.1, 0.15) is 10.4 Å². The highest BCUT2D eigenvalue weighted by Gasteiger charge is 2.19. The van der Waals surface area contributed by atoms with Crippen LogP contribution in [0.3, 0.4) is 0 Å². The number of hydrogen-bond donors (Lipinski definition) is 2. The van der Waals surface area contributed by atoms with Gasteiger partial charge in [-0.3, -0.25) is 9.78 Å². The highest BCUT2D eigenvalue weighted by Crippen LogP contribution is 2.22. The van der Waals surface area contributed by atoms with E-state index in [0.29, 0.717) is 6.07 Å². The van der Waals surface area contributed by atoms with Crippen LogP contribution in [0.25, 0.3) is 11.1 Å². The maximum Gasteiger partial charge on any atom is 0.417 e. The molecule has 1 aromatic heterocycles. The highest BCUT2D eigenvalue weighted by atomic mass is 19.2. The van der Waals surface area contributed by atoms with Crippen molar-refractivity contribution < 1.29 is 22.4 Å². The molecule has 0 aliphatic rings. The van der Waals surface area contributed by atoms with Gasteiger partial charge < -0.3 is 9.73 Å². The molecule has 3 aromatic rings. The number of nitrogens with one attached hydrogen (secondary N) is 2. The number of aromatic nitrogens is 1. The summed E-state index contributed by atoms with van der Waals surface area (Å²) >= 11 is 0. The molecular formula is C14H7F3N2O3. The number of benzene rings is 2. The number of carbonyl (C=O) groups excluding carboxylic acids is 1. The quantitative estimate of drug-likeness (QED) is 0.715. The van der Waals surface area contributed by atoms with Crippen molar-refractivity contribution in [1.82, 2.24) is 4.98 Å². The van der Waals surface area contributed by atoms with Crippen LogP contribution in [0.15, 0.2) is 39.5 Å². The minimum Gasteiger partial charge on any atom is -0.408 e. The molecule has 0 fully saturated rings. The fraction of sp³-hybridized carbons (Fsp3) is 0. The van der Waals surface area contributed by atoms with Crippen LogP contribution in [0, 0.1) is 17.5 Å². The van der Waals surface area contributed by atoms with E-state index in [1.54, 1.807) is 0 Å². The van der Waals surface area contributed by atoms with Gasteiger partial charge in [0, 0.05) is 0 Å². The Labute approximate surface area is 120 Å². The molecule has 22 heavy (non-hydrogen) atoms. The molecule has 8 heteroatoms. The third kappa shape index (κ3) is 2.24. The van der Waals surface area contributed by atoms with E-state index in [1.165, 1.54) is 18.2 Å². The van der Waals surface area contributed by atoms with Crippen molar-refractivity contribution in [3.8, 4) is 0 Å². The Balaban J connectivity index is 2.00. The zero-order valence-electron chi connectivity index (χ0n) is 10.7. The van der Waals surface area contributed by atoms with Crippen LogP contribution in [0.2, 0.25) is 0 Å². The monoisotopic (exact) mass is 308 g/mol. The van der Waals surface area contributed by atoms with Crippen molar-refractivity contribution >= 4 is 22.7 Å². The molecule has 0 radical (unpaired) electrons. The number of rotatable bonds is 2. The molecule has 2 aromatic carbocycles. The summed E-state index contributed by atoms with van der Waals surface area (Å²) in [5.41, 5.74) is -0.142. The van der Waals surface area contributed by atoms with Gasteiger partial charge in [-0.15, -0.1) is 0 Å². The van der Waals surface area contributed by atoms with Gasteiger partial charge in [0.2, 0.25) is 0 Å². The Morgan fingerprint density at radius 3 is 2.64 bits per heavy atom. The molecule has 5 nitrogen and oxygen atoms in total. The molecule has 112 valence electrons. The first-order valence-corrected chi connectivity index (χ1v) is 6.04. The largest absolute Gasteiger partial charge is 0.417 e. The minimum atomic E-state index is -1.73. The lowest BCUT2D eigenvalue weighted by Gasteiger charge is -2.07. The second kappa shape index (κ2) is 5.06. The van der Waals surface area contributed by atoms with Gasteiger partial charge in [-0.25, -0.2) is 18.0 Å². The number of carbonyl (C=O) groups is 1. The van der Waals surface area contributed by atoms with E-state index in [9.17, 15) is 22.8 Å². The Hall–Kier alpha value is -3.03. The van der Waals surface area contributed by atoms with Gasteiger partial charge >= 0.3 is 5.76 Å². The van der Waals surface area contributed by atoms with E-state index >= 15 is 0 Å². The molecule has 0 spiro atoms. The number of halogens is 3. The van der Waals surface area contributed by atoms with Gasteiger partial charge in [0.1, 0.15) is 5.52 Å². The summed E-state index contributed by atoms with van der Waals surface area (Å²) in [7, 11) is 0. The standard InChI is InChI=1S/C14H7F3N2O3/c15-7-5-4-6(10(16)11(7)17)13(20)18-8-2-1-3-9-12(8)19-14(21)22-9/h1-5H,(H,18,20)(H,19,21). The molecule has 0 saturated carbocycles. The number of H-pyrrole nitrogens is 1. The van der Waals surface area contributed by atoms with Gasteiger partial charge in [0.25, 0.3) is 5.91 Å². The summed E-state index contributed by atoms with van der Waals surface area (Å²) in [5, 5.41) is 2.30. The predicted molar refractivity (Wildman–Crippen MR) is 71.1 cm³/mol. The number of fused-ring (bicyclic) bond motifs is 1. The molecule has 0 atom stereocenters. The van der Waals surface area contributed by atoms with E-state index in [0.717, 1.165) is 6.07 Å². The molecule has 1 heterocycles. The third-order valence-corrected chi connectivity index (χ3v) is 2.98. The summed E-state index contributed by atoms with van der Waals surface area (Å²) in [6.45, 7) is 0. The fourth-order valence-corrected chi connectivity index (χ4v) is 1.97. The van der Waals surface area contributed by atoms with Gasteiger partial charge in [-0.1, -0.05) is 6.07 Å². The zero-order valence-corrected chi connectivity index (χ0v) is 10.7. The molecule has 0 bridgehead atoms. The summed E-state index contributed by atoms with van der Waals surface area (Å²) < 4.78 is 44.4. The Kier molecular flexibility index (Phi) is 3.21. The Morgan fingerprint density at radius 2 is 1.86 bits per heavy atom. The fourth-order valence-electron chi connectivity index (χ4n) is 1.97. The van der Waals surface area contributed by atoms with Crippen LogP contribution in [0.4, 0.5) is 18.9 Å². The second-order valence-corrected chi connectivity index (χ2v) is 4.37. The average molecular weight is 308 g/mol. The maximum atomic E-state index is 13.6. The molecule has 0 unspecified atom stereocenters. The summed E-state index contributed by atoms with van der Waals surface area (Å²) in [6.07, 6.45) is 0. The first kappa shape index (κ1) is 13.9. The van der Waals surface area contributed by atoms with Crippen molar-refractivity contribution in [2.24, 2.45) is 0 Å². The van der Waals surface area contributed by atoms with Crippen LogP contribution in [-0.2, 0) is 0 Å².